The van der Waals surface area contributed by atoms with Crippen molar-refractivity contribution < 1.29 is 9.50 Å². The molecule has 1 heterocycles. The maximum Gasteiger partial charge on any atom is 0.128 e. The van der Waals surface area contributed by atoms with Crippen LogP contribution in [0.5, 0.6) is 0 Å². The summed E-state index contributed by atoms with van der Waals surface area (Å²) in [5.41, 5.74) is 6.64. The number of rotatable bonds is 5. The topological polar surface area (TPSA) is 71.2 Å². The van der Waals surface area contributed by atoms with E-state index in [9.17, 15) is 9.50 Å². The Labute approximate surface area is 123 Å². The lowest BCUT2D eigenvalue weighted by atomic mass is 9.92. The van der Waals surface area contributed by atoms with Crippen LogP contribution in [-0.2, 0) is 6.54 Å². The summed E-state index contributed by atoms with van der Waals surface area (Å²) in [7, 11) is 0. The van der Waals surface area contributed by atoms with Crippen molar-refractivity contribution in [1.82, 2.24) is 10.3 Å². The first-order valence-electron chi connectivity index (χ1n) is 7.37. The Bertz CT molecular complexity index is 643. The number of nitrogens with zero attached hydrogens (tertiary/aromatic N) is 1. The normalized spacial score (nSPS) is 16.9. The molecular formula is C16H20FN3O. The molecule has 21 heavy (non-hydrogen) atoms. The predicted molar refractivity (Wildman–Crippen MR) is 80.2 cm³/mol. The molecule has 1 aromatic carbocycles. The molecule has 0 bridgehead atoms. The smallest absolute Gasteiger partial charge is 0.128 e. The van der Waals surface area contributed by atoms with Crippen molar-refractivity contribution in [3.8, 4) is 0 Å². The van der Waals surface area contributed by atoms with E-state index in [0.29, 0.717) is 23.7 Å². The van der Waals surface area contributed by atoms with Gasteiger partial charge in [0.1, 0.15) is 5.82 Å². The minimum absolute atomic E-state index is 0.0586. The number of halogens is 1. The average Bonchev–Trinajstić information content (AvgIpc) is 2.46. The fourth-order valence-electron chi connectivity index (χ4n) is 2.76. The molecule has 1 saturated carbocycles. The first kappa shape index (κ1) is 14.4. The van der Waals surface area contributed by atoms with Crippen LogP contribution < -0.4 is 11.1 Å². The molecule has 0 spiro atoms. The van der Waals surface area contributed by atoms with E-state index in [0.717, 1.165) is 23.6 Å². The number of benzene rings is 1. The van der Waals surface area contributed by atoms with Crippen LogP contribution in [-0.4, -0.2) is 22.7 Å². The summed E-state index contributed by atoms with van der Waals surface area (Å²) in [5.74, 6) is -0.303. The van der Waals surface area contributed by atoms with Gasteiger partial charge in [0.05, 0.1) is 6.10 Å². The van der Waals surface area contributed by atoms with Gasteiger partial charge in [0.2, 0.25) is 0 Å². The Morgan fingerprint density at radius 3 is 2.90 bits per heavy atom. The molecule has 0 saturated heterocycles. The molecule has 5 heteroatoms. The Morgan fingerprint density at radius 1 is 1.43 bits per heavy atom. The highest BCUT2D eigenvalue weighted by molar-refractivity contribution is 5.88. The van der Waals surface area contributed by atoms with Gasteiger partial charge in [-0.1, -0.05) is 6.42 Å². The maximum absolute atomic E-state index is 14.4. The molecule has 1 aliphatic rings. The van der Waals surface area contributed by atoms with E-state index >= 15 is 0 Å². The lowest BCUT2D eigenvalue weighted by Crippen LogP contribution is -2.34. The largest absolute Gasteiger partial charge is 0.387 e. The molecule has 1 aliphatic carbocycles. The van der Waals surface area contributed by atoms with Gasteiger partial charge < -0.3 is 16.2 Å². The lowest BCUT2D eigenvalue weighted by molar-refractivity contribution is 0.188. The molecule has 1 fully saturated rings. The van der Waals surface area contributed by atoms with Crippen LogP contribution in [0.4, 0.5) is 4.39 Å². The van der Waals surface area contributed by atoms with Crippen molar-refractivity contribution in [2.24, 2.45) is 5.73 Å². The van der Waals surface area contributed by atoms with Crippen LogP contribution in [0.3, 0.4) is 0 Å². The Balaban J connectivity index is 2.01. The van der Waals surface area contributed by atoms with Crippen molar-refractivity contribution in [2.75, 3.05) is 6.54 Å². The fraction of sp³-hybridized carbons (Fsp3) is 0.438. The van der Waals surface area contributed by atoms with E-state index in [2.05, 4.69) is 10.3 Å². The van der Waals surface area contributed by atoms with E-state index in [-0.39, 0.29) is 12.4 Å². The summed E-state index contributed by atoms with van der Waals surface area (Å²) < 4.78 is 14.4. The van der Waals surface area contributed by atoms with Gasteiger partial charge in [-0.15, -0.1) is 0 Å². The molecule has 4 nitrogen and oxygen atoms in total. The summed E-state index contributed by atoms with van der Waals surface area (Å²) in [6.07, 6.45) is 5.99. The fourth-order valence-corrected chi connectivity index (χ4v) is 2.76. The number of nitrogens with one attached hydrogen (secondary N) is 1. The van der Waals surface area contributed by atoms with Crippen molar-refractivity contribution in [3.63, 3.8) is 0 Å². The van der Waals surface area contributed by atoms with E-state index in [1.807, 2.05) is 0 Å². The Hall–Kier alpha value is -1.56. The number of aliphatic hydroxyl groups excluding tert-OH is 1. The van der Waals surface area contributed by atoms with E-state index in [1.54, 1.807) is 18.5 Å². The molecule has 1 aromatic heterocycles. The number of hydrogen-bond acceptors (Lipinski definition) is 4. The van der Waals surface area contributed by atoms with Gasteiger partial charge in [-0.3, -0.25) is 4.98 Å². The zero-order valence-electron chi connectivity index (χ0n) is 11.8. The highest BCUT2D eigenvalue weighted by Crippen LogP contribution is 2.29. The third-order valence-electron chi connectivity index (χ3n) is 4.28. The van der Waals surface area contributed by atoms with Crippen molar-refractivity contribution >= 4 is 10.8 Å². The average molecular weight is 289 g/mol. The van der Waals surface area contributed by atoms with Crippen molar-refractivity contribution in [2.45, 2.75) is 38.0 Å². The number of aliphatic hydroxyl groups is 1. The molecule has 0 amide bonds. The summed E-state index contributed by atoms with van der Waals surface area (Å²) in [5, 5.41) is 14.9. The second-order valence-corrected chi connectivity index (χ2v) is 5.61. The number of pyridine rings is 1. The van der Waals surface area contributed by atoms with Gasteiger partial charge in [-0.2, -0.15) is 0 Å². The third-order valence-corrected chi connectivity index (χ3v) is 4.28. The Morgan fingerprint density at radius 2 is 2.24 bits per heavy atom. The van der Waals surface area contributed by atoms with E-state index in [4.69, 9.17) is 5.73 Å². The van der Waals surface area contributed by atoms with Crippen molar-refractivity contribution in [1.29, 1.82) is 0 Å². The minimum atomic E-state index is -0.875. The summed E-state index contributed by atoms with van der Waals surface area (Å²) in [6, 6.07) is 3.68. The lowest BCUT2D eigenvalue weighted by Gasteiger charge is -2.27. The molecule has 0 radical (unpaired) electrons. The SMILES string of the molecule is NCC(O)c1cc(F)c(CNC2CCC2)c2ccncc12. The Kier molecular flexibility index (Phi) is 4.14. The second-order valence-electron chi connectivity index (χ2n) is 5.61. The monoisotopic (exact) mass is 289 g/mol. The highest BCUT2D eigenvalue weighted by Gasteiger charge is 2.20. The van der Waals surface area contributed by atoms with Gasteiger partial charge >= 0.3 is 0 Å². The van der Waals surface area contributed by atoms with Crippen molar-refractivity contribution in [3.05, 3.63) is 41.5 Å². The zero-order chi connectivity index (χ0) is 14.8. The first-order valence-corrected chi connectivity index (χ1v) is 7.37. The predicted octanol–water partition coefficient (Wildman–Crippen LogP) is 2.01. The molecule has 4 N–H and O–H groups in total. The van der Waals surface area contributed by atoms with Crippen LogP contribution in [0.15, 0.2) is 24.5 Å². The van der Waals surface area contributed by atoms with Crippen LogP contribution in [0, 0.1) is 5.82 Å². The number of hydrogen-bond donors (Lipinski definition) is 3. The maximum atomic E-state index is 14.4. The summed E-state index contributed by atoms with van der Waals surface area (Å²) in [4.78, 5) is 4.09. The molecule has 0 aliphatic heterocycles. The van der Waals surface area contributed by atoms with Crippen LogP contribution in [0.1, 0.15) is 36.5 Å². The molecule has 3 rings (SSSR count). The van der Waals surface area contributed by atoms with Crippen LogP contribution >= 0.6 is 0 Å². The second kappa shape index (κ2) is 6.05. The highest BCUT2D eigenvalue weighted by atomic mass is 19.1. The zero-order valence-corrected chi connectivity index (χ0v) is 11.8. The number of nitrogens with two attached hydrogens (primary N) is 1. The van der Waals surface area contributed by atoms with Crippen LogP contribution in [0.25, 0.3) is 10.8 Å². The van der Waals surface area contributed by atoms with Gasteiger partial charge in [-0.05, 0) is 35.9 Å². The van der Waals surface area contributed by atoms with E-state index in [1.165, 1.54) is 12.5 Å². The minimum Gasteiger partial charge on any atom is -0.387 e. The third kappa shape index (κ3) is 2.77. The molecule has 1 unspecified atom stereocenters. The number of aromatic nitrogens is 1. The van der Waals surface area contributed by atoms with E-state index < -0.39 is 6.10 Å². The molecular weight excluding hydrogens is 269 g/mol. The number of fused-ring (bicyclic) bond motifs is 1. The molecule has 1 atom stereocenters. The standard InChI is InChI=1S/C16H20FN3O/c17-15-6-12(16(21)7-18)13-8-19-5-4-11(13)14(15)9-20-10-2-1-3-10/h4-6,8,10,16,20-21H,1-3,7,9,18H2. The molecule has 112 valence electrons. The quantitative estimate of drug-likeness (QED) is 0.787. The van der Waals surface area contributed by atoms with Gasteiger partial charge in [0, 0.05) is 42.5 Å². The summed E-state index contributed by atoms with van der Waals surface area (Å²) in [6.45, 7) is 0.555. The van der Waals surface area contributed by atoms with Gasteiger partial charge in [0.25, 0.3) is 0 Å². The first-order chi connectivity index (χ1) is 10.2. The molecule has 2 aromatic rings. The van der Waals surface area contributed by atoms with Crippen LogP contribution in [0.2, 0.25) is 0 Å². The summed E-state index contributed by atoms with van der Waals surface area (Å²) >= 11 is 0. The van der Waals surface area contributed by atoms with Gasteiger partial charge in [-0.25, -0.2) is 4.39 Å². The van der Waals surface area contributed by atoms with Gasteiger partial charge in [0.15, 0.2) is 0 Å².